The van der Waals surface area contributed by atoms with Gasteiger partial charge in [0.15, 0.2) is 5.82 Å². The molecular formula is C32H36F2N6O2. The Morgan fingerprint density at radius 2 is 2.05 bits per heavy atom. The molecule has 10 heteroatoms. The van der Waals surface area contributed by atoms with Gasteiger partial charge in [-0.15, -0.1) is 6.42 Å². The molecule has 0 aliphatic carbocycles. The molecule has 1 aromatic heterocycles. The summed E-state index contributed by atoms with van der Waals surface area (Å²) in [5, 5.41) is 14.0. The predicted molar refractivity (Wildman–Crippen MR) is 158 cm³/mol. The lowest BCUT2D eigenvalue weighted by atomic mass is 9.95. The number of aromatic hydroxyl groups is 1. The Bertz CT molecular complexity index is 1550. The van der Waals surface area contributed by atoms with Crippen molar-refractivity contribution in [3.63, 3.8) is 0 Å². The Morgan fingerprint density at radius 1 is 1.14 bits per heavy atom. The lowest BCUT2D eigenvalue weighted by Gasteiger charge is -2.35. The van der Waals surface area contributed by atoms with E-state index in [-0.39, 0.29) is 22.9 Å². The summed E-state index contributed by atoms with van der Waals surface area (Å²) in [4.78, 5) is 14.1. The molecule has 0 bridgehead atoms. The van der Waals surface area contributed by atoms with Crippen LogP contribution >= 0.6 is 0 Å². The van der Waals surface area contributed by atoms with Gasteiger partial charge in [-0.25, -0.2) is 14.2 Å². The molecule has 0 radical (unpaired) electrons. The summed E-state index contributed by atoms with van der Waals surface area (Å²) in [6, 6.07) is 6.51. The molecule has 2 N–H and O–H groups in total. The van der Waals surface area contributed by atoms with Gasteiger partial charge in [-0.05, 0) is 56.2 Å². The normalized spacial score (nSPS) is 24.4. The van der Waals surface area contributed by atoms with E-state index in [0.29, 0.717) is 55.5 Å². The number of hydrogen-bond acceptors (Lipinski definition) is 8. The van der Waals surface area contributed by atoms with E-state index in [4.69, 9.17) is 21.1 Å². The minimum atomic E-state index is -0.835. The zero-order chi connectivity index (χ0) is 28.8. The summed E-state index contributed by atoms with van der Waals surface area (Å²) in [7, 11) is 0. The number of nitrogens with zero attached hydrogens (tertiary/aromatic N) is 5. The number of phenolic OH excluding ortho intramolecular Hbond substituents is 1. The number of terminal acetylenes is 1. The molecule has 8 nitrogen and oxygen atoms in total. The first-order valence-corrected chi connectivity index (χ1v) is 15.0. The van der Waals surface area contributed by atoms with Crippen LogP contribution < -0.4 is 20.1 Å². The molecule has 2 atom stereocenters. The Balaban J connectivity index is 1.26. The average Bonchev–Trinajstić information content (AvgIpc) is 3.36. The number of nitrogens with one attached hydrogen (secondary N) is 1. The van der Waals surface area contributed by atoms with Crippen LogP contribution in [-0.4, -0.2) is 71.0 Å². The van der Waals surface area contributed by atoms with Crippen molar-refractivity contribution < 1.29 is 18.6 Å². The Morgan fingerprint density at radius 3 is 2.93 bits per heavy atom. The summed E-state index contributed by atoms with van der Waals surface area (Å²) in [5.74, 6) is 2.95. The van der Waals surface area contributed by atoms with Crippen molar-refractivity contribution in [2.45, 2.75) is 63.2 Å². The van der Waals surface area contributed by atoms with Gasteiger partial charge in [0.25, 0.3) is 0 Å². The van der Waals surface area contributed by atoms with E-state index < -0.39 is 12.0 Å². The topological polar surface area (TPSA) is 77.0 Å². The Hall–Kier alpha value is -3.68. The first-order chi connectivity index (χ1) is 20.4. The minimum absolute atomic E-state index is 0.0853. The van der Waals surface area contributed by atoms with E-state index in [0.717, 1.165) is 68.8 Å². The fourth-order valence-corrected chi connectivity index (χ4v) is 7.37. The number of fused-ring (bicyclic) bond motifs is 3. The Kier molecular flexibility index (Phi) is 7.03. The van der Waals surface area contributed by atoms with Gasteiger partial charge in [-0.2, -0.15) is 9.97 Å². The highest BCUT2D eigenvalue weighted by Crippen LogP contribution is 2.41. The second-order valence-electron chi connectivity index (χ2n) is 12.0. The van der Waals surface area contributed by atoms with Crippen molar-refractivity contribution in [1.82, 2.24) is 20.3 Å². The van der Waals surface area contributed by atoms with Crippen LogP contribution in [0.3, 0.4) is 0 Å². The van der Waals surface area contributed by atoms with Crippen LogP contribution in [0.2, 0.25) is 0 Å². The van der Waals surface area contributed by atoms with Gasteiger partial charge in [-0.1, -0.05) is 18.4 Å². The van der Waals surface area contributed by atoms with Gasteiger partial charge in [0.05, 0.1) is 23.3 Å². The number of hydrogen-bond donors (Lipinski definition) is 2. The quantitative estimate of drug-likeness (QED) is 0.433. The van der Waals surface area contributed by atoms with Crippen LogP contribution in [0.4, 0.5) is 20.3 Å². The molecule has 3 fully saturated rings. The first-order valence-electron chi connectivity index (χ1n) is 15.0. The second kappa shape index (κ2) is 10.9. The minimum Gasteiger partial charge on any atom is -0.508 e. The van der Waals surface area contributed by atoms with Crippen LogP contribution in [0.25, 0.3) is 10.8 Å². The standard InChI is InChI=1S/C32H36F2N6O2/c1-2-24-26(34)8-7-21-15-23(41)16-28(29(21)24)38-14-9-25-27(19-38)36-31(37-30(25)40-13-5-3-4-11-35-40)42-20-32-10-6-12-39(32)18-22(33)17-32/h1,7-8,15-16,22,35,41H,3-6,9-14,17-20H2/t22-,32+/m1/s1. The molecular weight excluding hydrogens is 538 g/mol. The summed E-state index contributed by atoms with van der Waals surface area (Å²) in [6.45, 7) is 4.44. The number of anilines is 2. The van der Waals surface area contributed by atoms with Crippen LogP contribution in [-0.2, 0) is 13.0 Å². The van der Waals surface area contributed by atoms with E-state index in [1.807, 2.05) is 0 Å². The molecule has 0 amide bonds. The number of benzene rings is 2. The summed E-state index contributed by atoms with van der Waals surface area (Å²) in [6.07, 6.45) is 11.3. The summed E-state index contributed by atoms with van der Waals surface area (Å²) < 4.78 is 35.5. The van der Waals surface area contributed by atoms with Crippen molar-refractivity contribution in [2.75, 3.05) is 49.2 Å². The van der Waals surface area contributed by atoms with Crippen molar-refractivity contribution >= 4 is 22.3 Å². The monoisotopic (exact) mass is 574 g/mol. The zero-order valence-electron chi connectivity index (χ0n) is 23.7. The molecule has 5 heterocycles. The molecule has 4 aliphatic heterocycles. The smallest absolute Gasteiger partial charge is 0.318 e. The third-order valence-corrected chi connectivity index (χ3v) is 9.39. The maximum Gasteiger partial charge on any atom is 0.318 e. The zero-order valence-corrected chi connectivity index (χ0v) is 23.7. The molecule has 42 heavy (non-hydrogen) atoms. The van der Waals surface area contributed by atoms with E-state index in [2.05, 4.69) is 26.2 Å². The third-order valence-electron chi connectivity index (χ3n) is 9.39. The Labute approximate surface area is 244 Å². The van der Waals surface area contributed by atoms with Crippen LogP contribution in [0, 0.1) is 18.2 Å². The van der Waals surface area contributed by atoms with Gasteiger partial charge in [0.1, 0.15) is 24.3 Å². The SMILES string of the molecule is C#Cc1c(F)ccc2cc(O)cc(N3CCc4c(nc(OC[C@@]56CCCN5C[C@H](F)C6)nc4N4CCCCCN4)C3)c12. The van der Waals surface area contributed by atoms with Gasteiger partial charge < -0.3 is 14.7 Å². The maximum absolute atomic E-state index is 14.8. The lowest BCUT2D eigenvalue weighted by molar-refractivity contribution is 0.107. The van der Waals surface area contributed by atoms with Crippen LogP contribution in [0.5, 0.6) is 11.8 Å². The molecule has 0 unspecified atom stereocenters. The molecule has 3 saturated heterocycles. The van der Waals surface area contributed by atoms with E-state index >= 15 is 0 Å². The number of hydrazine groups is 1. The maximum atomic E-state index is 14.8. The van der Waals surface area contributed by atoms with E-state index in [9.17, 15) is 13.9 Å². The molecule has 0 spiro atoms. The van der Waals surface area contributed by atoms with E-state index in [1.165, 1.54) is 6.07 Å². The van der Waals surface area contributed by atoms with Gasteiger partial charge in [-0.3, -0.25) is 9.91 Å². The predicted octanol–water partition coefficient (Wildman–Crippen LogP) is 4.47. The fourth-order valence-electron chi connectivity index (χ4n) is 7.37. The van der Waals surface area contributed by atoms with E-state index in [1.54, 1.807) is 18.2 Å². The van der Waals surface area contributed by atoms with Gasteiger partial charge >= 0.3 is 6.01 Å². The summed E-state index contributed by atoms with van der Waals surface area (Å²) in [5.41, 5.74) is 5.93. The second-order valence-corrected chi connectivity index (χ2v) is 12.0. The fraction of sp³-hybridized carbons (Fsp3) is 0.500. The molecule has 220 valence electrons. The van der Waals surface area contributed by atoms with Crippen LogP contribution in [0.1, 0.15) is 55.3 Å². The van der Waals surface area contributed by atoms with Crippen molar-refractivity contribution in [3.05, 3.63) is 46.9 Å². The number of aromatic nitrogens is 2. The number of alkyl halides is 1. The van der Waals surface area contributed by atoms with Crippen LogP contribution in [0.15, 0.2) is 24.3 Å². The van der Waals surface area contributed by atoms with Crippen molar-refractivity contribution in [1.29, 1.82) is 0 Å². The summed E-state index contributed by atoms with van der Waals surface area (Å²) >= 11 is 0. The number of rotatable bonds is 5. The number of ether oxygens (including phenoxy) is 1. The lowest BCUT2D eigenvalue weighted by Crippen LogP contribution is -2.44. The van der Waals surface area contributed by atoms with Gasteiger partial charge in [0.2, 0.25) is 0 Å². The molecule has 4 aliphatic rings. The number of phenols is 1. The molecule has 0 saturated carbocycles. The molecule has 3 aromatic rings. The highest BCUT2D eigenvalue weighted by molar-refractivity contribution is 6.00. The highest BCUT2D eigenvalue weighted by Gasteiger charge is 2.49. The first kappa shape index (κ1) is 27.2. The molecule has 7 rings (SSSR count). The number of halogens is 2. The van der Waals surface area contributed by atoms with Gasteiger partial charge in [0, 0.05) is 55.3 Å². The largest absolute Gasteiger partial charge is 0.508 e. The average molecular weight is 575 g/mol. The van der Waals surface area contributed by atoms with Crippen molar-refractivity contribution in [3.8, 4) is 24.1 Å². The third kappa shape index (κ3) is 4.78. The van der Waals surface area contributed by atoms with Crippen molar-refractivity contribution in [2.24, 2.45) is 0 Å². The molecule has 2 aromatic carbocycles. The highest BCUT2D eigenvalue weighted by atomic mass is 19.1.